The summed E-state index contributed by atoms with van der Waals surface area (Å²) in [7, 11) is 1.30. The molecule has 0 N–H and O–H groups in total. The number of hydrogen-bond donors (Lipinski definition) is 0. The lowest BCUT2D eigenvalue weighted by atomic mass is 10.2. The van der Waals surface area contributed by atoms with Gasteiger partial charge in [-0.05, 0) is 23.8 Å². The molecule has 1 rings (SSSR count). The standard InChI is InChI=1S/C10H10Cl2O3/c1-14-10(13)6-15-5-7-4-8(11)2-3-9(7)12/h2-4H,5-6H2,1H3. The summed E-state index contributed by atoms with van der Waals surface area (Å²) in [5.74, 6) is -0.423. The van der Waals surface area contributed by atoms with Crippen molar-refractivity contribution in [2.24, 2.45) is 0 Å². The maximum absolute atomic E-state index is 10.7. The molecule has 15 heavy (non-hydrogen) atoms. The first kappa shape index (κ1) is 12.3. The average molecular weight is 249 g/mol. The molecule has 0 aliphatic carbocycles. The second kappa shape index (κ2) is 5.95. The van der Waals surface area contributed by atoms with E-state index >= 15 is 0 Å². The largest absolute Gasteiger partial charge is 0.467 e. The number of rotatable bonds is 4. The van der Waals surface area contributed by atoms with Gasteiger partial charge in [-0.15, -0.1) is 0 Å². The topological polar surface area (TPSA) is 35.5 Å². The fraction of sp³-hybridized carbons (Fsp3) is 0.300. The second-order valence-electron chi connectivity index (χ2n) is 2.80. The fourth-order valence-corrected chi connectivity index (χ4v) is 1.32. The number of carbonyl (C=O) groups excluding carboxylic acids is 1. The van der Waals surface area contributed by atoms with Gasteiger partial charge in [0.2, 0.25) is 0 Å². The van der Waals surface area contributed by atoms with E-state index in [1.807, 2.05) is 0 Å². The highest BCUT2D eigenvalue weighted by Crippen LogP contribution is 2.21. The molecule has 0 fully saturated rings. The maximum Gasteiger partial charge on any atom is 0.331 e. The van der Waals surface area contributed by atoms with Crippen LogP contribution in [-0.4, -0.2) is 19.7 Å². The summed E-state index contributed by atoms with van der Waals surface area (Å²) in [6, 6.07) is 5.07. The third-order valence-electron chi connectivity index (χ3n) is 1.71. The van der Waals surface area contributed by atoms with Crippen molar-refractivity contribution >= 4 is 29.2 Å². The Morgan fingerprint density at radius 3 is 2.80 bits per heavy atom. The zero-order valence-electron chi connectivity index (χ0n) is 8.13. The van der Waals surface area contributed by atoms with Gasteiger partial charge in [0.1, 0.15) is 6.61 Å². The highest BCUT2D eigenvalue weighted by Gasteiger charge is 2.04. The Bertz CT molecular complexity index is 353. The van der Waals surface area contributed by atoms with E-state index in [0.717, 1.165) is 5.56 Å². The van der Waals surface area contributed by atoms with Crippen molar-refractivity contribution in [1.29, 1.82) is 0 Å². The van der Waals surface area contributed by atoms with Crippen molar-refractivity contribution in [2.45, 2.75) is 6.61 Å². The first-order valence-corrected chi connectivity index (χ1v) is 4.97. The fourth-order valence-electron chi connectivity index (χ4n) is 0.957. The number of esters is 1. The molecule has 0 radical (unpaired) electrons. The molecule has 0 aromatic heterocycles. The minimum absolute atomic E-state index is 0.0979. The van der Waals surface area contributed by atoms with Gasteiger partial charge in [-0.25, -0.2) is 4.79 Å². The molecular formula is C10H10Cl2O3. The molecule has 0 spiro atoms. The lowest BCUT2D eigenvalue weighted by Gasteiger charge is -2.05. The summed E-state index contributed by atoms with van der Waals surface area (Å²) in [4.78, 5) is 10.7. The molecule has 1 aromatic rings. The Morgan fingerprint density at radius 2 is 2.13 bits per heavy atom. The van der Waals surface area contributed by atoms with Crippen molar-refractivity contribution in [3.63, 3.8) is 0 Å². The van der Waals surface area contributed by atoms with Crippen LogP contribution in [0.3, 0.4) is 0 Å². The van der Waals surface area contributed by atoms with E-state index in [9.17, 15) is 4.79 Å². The summed E-state index contributed by atoms with van der Waals surface area (Å²) in [5.41, 5.74) is 0.744. The van der Waals surface area contributed by atoms with Gasteiger partial charge in [0.15, 0.2) is 0 Å². The van der Waals surface area contributed by atoms with Crippen molar-refractivity contribution in [3.8, 4) is 0 Å². The van der Waals surface area contributed by atoms with Gasteiger partial charge in [0.25, 0.3) is 0 Å². The van der Waals surface area contributed by atoms with E-state index in [1.54, 1.807) is 18.2 Å². The minimum Gasteiger partial charge on any atom is -0.467 e. The van der Waals surface area contributed by atoms with Crippen molar-refractivity contribution in [1.82, 2.24) is 0 Å². The number of ether oxygens (including phenoxy) is 2. The van der Waals surface area contributed by atoms with Crippen molar-refractivity contribution in [3.05, 3.63) is 33.8 Å². The molecule has 0 heterocycles. The monoisotopic (exact) mass is 248 g/mol. The predicted octanol–water partition coefficient (Wildman–Crippen LogP) is 2.68. The third-order valence-corrected chi connectivity index (χ3v) is 2.32. The first-order chi connectivity index (χ1) is 7.13. The number of methoxy groups -OCH3 is 1. The molecule has 0 bridgehead atoms. The second-order valence-corrected chi connectivity index (χ2v) is 3.65. The van der Waals surface area contributed by atoms with Crippen LogP contribution in [-0.2, 0) is 20.9 Å². The number of carbonyl (C=O) groups is 1. The molecule has 0 saturated carbocycles. The zero-order chi connectivity index (χ0) is 11.3. The van der Waals surface area contributed by atoms with Crippen LogP contribution in [0.25, 0.3) is 0 Å². The average Bonchev–Trinajstić information content (AvgIpc) is 2.23. The Balaban J connectivity index is 2.50. The smallest absolute Gasteiger partial charge is 0.331 e. The van der Waals surface area contributed by atoms with Crippen LogP contribution in [0, 0.1) is 0 Å². The van der Waals surface area contributed by atoms with Crippen LogP contribution >= 0.6 is 23.2 Å². The molecule has 0 saturated heterocycles. The van der Waals surface area contributed by atoms with Crippen molar-refractivity contribution in [2.75, 3.05) is 13.7 Å². The Morgan fingerprint density at radius 1 is 1.40 bits per heavy atom. The van der Waals surface area contributed by atoms with E-state index in [-0.39, 0.29) is 13.2 Å². The maximum atomic E-state index is 10.7. The van der Waals surface area contributed by atoms with Gasteiger partial charge in [0, 0.05) is 10.0 Å². The lowest BCUT2D eigenvalue weighted by Crippen LogP contribution is -2.10. The van der Waals surface area contributed by atoms with E-state index in [2.05, 4.69) is 4.74 Å². The number of halogens is 2. The van der Waals surface area contributed by atoms with Gasteiger partial charge in [-0.3, -0.25) is 0 Å². The summed E-state index contributed by atoms with van der Waals surface area (Å²) in [6.45, 7) is 0.133. The van der Waals surface area contributed by atoms with Crippen LogP contribution in [0.5, 0.6) is 0 Å². The number of hydrogen-bond acceptors (Lipinski definition) is 3. The summed E-state index contributed by atoms with van der Waals surface area (Å²) < 4.78 is 9.51. The molecule has 5 heteroatoms. The van der Waals surface area contributed by atoms with Crippen LogP contribution in [0.15, 0.2) is 18.2 Å². The van der Waals surface area contributed by atoms with Gasteiger partial charge < -0.3 is 9.47 Å². The normalized spacial score (nSPS) is 10.1. The highest BCUT2D eigenvalue weighted by atomic mass is 35.5. The molecular weight excluding hydrogens is 239 g/mol. The Labute approximate surface area is 97.9 Å². The summed E-state index contributed by atoms with van der Waals surface area (Å²) in [6.07, 6.45) is 0. The van der Waals surface area contributed by atoms with Crippen LogP contribution in [0.1, 0.15) is 5.56 Å². The molecule has 0 aliphatic heterocycles. The van der Waals surface area contributed by atoms with Crippen LogP contribution in [0.4, 0.5) is 0 Å². The molecule has 1 aromatic carbocycles. The zero-order valence-corrected chi connectivity index (χ0v) is 9.64. The summed E-state index contributed by atoms with van der Waals surface area (Å²) >= 11 is 11.7. The SMILES string of the molecule is COC(=O)COCc1cc(Cl)ccc1Cl. The highest BCUT2D eigenvalue weighted by molar-refractivity contribution is 6.33. The van der Waals surface area contributed by atoms with Gasteiger partial charge >= 0.3 is 5.97 Å². The van der Waals surface area contributed by atoms with Gasteiger partial charge in [0.05, 0.1) is 13.7 Å². The van der Waals surface area contributed by atoms with E-state index < -0.39 is 5.97 Å². The third kappa shape index (κ3) is 4.08. The van der Waals surface area contributed by atoms with Gasteiger partial charge in [-0.1, -0.05) is 23.2 Å². The molecule has 0 aliphatic rings. The quantitative estimate of drug-likeness (QED) is 0.769. The Hall–Kier alpha value is -0.770. The Kier molecular flexibility index (Phi) is 4.88. The first-order valence-electron chi connectivity index (χ1n) is 4.22. The van der Waals surface area contributed by atoms with Crippen molar-refractivity contribution < 1.29 is 14.3 Å². The van der Waals surface area contributed by atoms with Gasteiger partial charge in [-0.2, -0.15) is 0 Å². The summed E-state index contributed by atoms with van der Waals surface area (Å²) in [5, 5.41) is 1.14. The van der Waals surface area contributed by atoms with Crippen LogP contribution < -0.4 is 0 Å². The molecule has 0 amide bonds. The molecule has 0 unspecified atom stereocenters. The minimum atomic E-state index is -0.423. The van der Waals surface area contributed by atoms with E-state index in [4.69, 9.17) is 27.9 Å². The molecule has 82 valence electrons. The molecule has 3 nitrogen and oxygen atoms in total. The van der Waals surface area contributed by atoms with E-state index in [0.29, 0.717) is 10.0 Å². The van der Waals surface area contributed by atoms with E-state index in [1.165, 1.54) is 7.11 Å². The predicted molar refractivity (Wildman–Crippen MR) is 58.1 cm³/mol. The lowest BCUT2D eigenvalue weighted by molar-refractivity contribution is -0.146. The molecule has 0 atom stereocenters. The van der Waals surface area contributed by atoms with Crippen LogP contribution in [0.2, 0.25) is 10.0 Å². The number of benzene rings is 1.